The Bertz CT molecular complexity index is 444. The molecular formula is C10H11N3O2. The quantitative estimate of drug-likeness (QED) is 0.569. The summed E-state index contributed by atoms with van der Waals surface area (Å²) in [7, 11) is 0. The van der Waals surface area contributed by atoms with Crippen molar-refractivity contribution in [1.29, 1.82) is 0 Å². The number of carbonyl (C=O) groups is 1. The van der Waals surface area contributed by atoms with E-state index < -0.39 is 5.91 Å². The largest absolute Gasteiger partial charge is 0.314 e. The smallest absolute Gasteiger partial charge is 0.290 e. The zero-order valence-electron chi connectivity index (χ0n) is 8.48. The lowest BCUT2D eigenvalue weighted by Crippen LogP contribution is -2.36. The molecule has 15 heavy (non-hydrogen) atoms. The average molecular weight is 205 g/mol. The standard InChI is InChI=1S/C10H11N3O2/c1-5-3-7-8(4-6(5)2)12-10(14)9(11-7)13-15/h3-4,7,15H,1-2H3,(H,11,13). The third-order valence-corrected chi connectivity index (χ3v) is 2.50. The van der Waals surface area contributed by atoms with Crippen molar-refractivity contribution in [3.05, 3.63) is 23.3 Å². The number of fused-ring (bicyclic) bond motifs is 1. The fraction of sp³-hybridized carbons (Fsp3) is 0.300. The van der Waals surface area contributed by atoms with Gasteiger partial charge in [-0.3, -0.25) is 10.0 Å². The lowest BCUT2D eigenvalue weighted by Gasteiger charge is -2.20. The van der Waals surface area contributed by atoms with Crippen LogP contribution in [0.5, 0.6) is 0 Å². The molecule has 0 spiro atoms. The highest BCUT2D eigenvalue weighted by atomic mass is 16.5. The van der Waals surface area contributed by atoms with Crippen LogP contribution in [0.15, 0.2) is 33.3 Å². The number of hydrogen-bond donors (Lipinski definition) is 2. The van der Waals surface area contributed by atoms with Gasteiger partial charge < -0.3 is 0 Å². The molecule has 2 aliphatic rings. The highest BCUT2D eigenvalue weighted by Gasteiger charge is 2.25. The maximum atomic E-state index is 11.3. The molecule has 1 aliphatic carbocycles. The van der Waals surface area contributed by atoms with Crippen molar-refractivity contribution in [2.24, 2.45) is 9.98 Å². The van der Waals surface area contributed by atoms with E-state index in [1.807, 2.05) is 26.0 Å². The van der Waals surface area contributed by atoms with E-state index in [1.165, 1.54) is 0 Å². The third kappa shape index (κ3) is 1.61. The average Bonchev–Trinajstić information content (AvgIpc) is 2.20. The zero-order valence-corrected chi connectivity index (χ0v) is 8.48. The third-order valence-electron chi connectivity index (χ3n) is 2.50. The van der Waals surface area contributed by atoms with Gasteiger partial charge in [-0.25, -0.2) is 15.5 Å². The number of amidine groups is 1. The van der Waals surface area contributed by atoms with E-state index in [0.717, 1.165) is 11.1 Å². The second-order valence-electron chi connectivity index (χ2n) is 3.55. The predicted molar refractivity (Wildman–Crippen MR) is 56.1 cm³/mol. The first-order valence-electron chi connectivity index (χ1n) is 4.59. The van der Waals surface area contributed by atoms with Crippen LogP contribution in [-0.2, 0) is 4.79 Å². The summed E-state index contributed by atoms with van der Waals surface area (Å²) in [4.78, 5) is 19.2. The van der Waals surface area contributed by atoms with Gasteiger partial charge in [0.2, 0.25) is 5.84 Å². The lowest BCUT2D eigenvalue weighted by atomic mass is 9.95. The highest BCUT2D eigenvalue weighted by molar-refractivity contribution is 6.41. The van der Waals surface area contributed by atoms with Crippen LogP contribution in [0.1, 0.15) is 13.8 Å². The SMILES string of the molecule is CC1=CC2=NC(=O)C(NO)=NC2C=C1C. The Labute approximate surface area is 86.9 Å². The minimum absolute atomic E-state index is 0.110. The minimum Gasteiger partial charge on any atom is -0.290 e. The summed E-state index contributed by atoms with van der Waals surface area (Å²) < 4.78 is 0. The molecular weight excluding hydrogens is 194 g/mol. The highest BCUT2D eigenvalue weighted by Crippen LogP contribution is 2.20. The molecule has 1 amide bonds. The number of rotatable bonds is 0. The normalized spacial score (nSPS) is 24.7. The van der Waals surface area contributed by atoms with Crippen molar-refractivity contribution in [3.8, 4) is 0 Å². The van der Waals surface area contributed by atoms with Crippen LogP contribution in [0.25, 0.3) is 0 Å². The van der Waals surface area contributed by atoms with Gasteiger partial charge in [-0.05, 0) is 31.1 Å². The van der Waals surface area contributed by atoms with Crippen LogP contribution in [0, 0.1) is 0 Å². The van der Waals surface area contributed by atoms with Crippen molar-refractivity contribution in [3.63, 3.8) is 0 Å². The molecule has 1 unspecified atom stereocenters. The second kappa shape index (κ2) is 3.43. The van der Waals surface area contributed by atoms with Crippen LogP contribution in [0.2, 0.25) is 0 Å². The Morgan fingerprint density at radius 2 is 2.13 bits per heavy atom. The number of aliphatic imine (C=N–C) groups is 2. The predicted octanol–water partition coefficient (Wildman–Crippen LogP) is 0.620. The molecule has 2 N–H and O–H groups in total. The van der Waals surface area contributed by atoms with Gasteiger partial charge in [-0.2, -0.15) is 0 Å². The van der Waals surface area contributed by atoms with Crippen molar-refractivity contribution in [1.82, 2.24) is 5.48 Å². The fourth-order valence-electron chi connectivity index (χ4n) is 1.52. The van der Waals surface area contributed by atoms with Crippen molar-refractivity contribution >= 4 is 17.5 Å². The number of hydroxylamine groups is 1. The van der Waals surface area contributed by atoms with Crippen LogP contribution < -0.4 is 5.48 Å². The van der Waals surface area contributed by atoms with E-state index in [2.05, 4.69) is 9.98 Å². The Morgan fingerprint density at radius 3 is 2.80 bits per heavy atom. The van der Waals surface area contributed by atoms with Gasteiger partial charge in [0.1, 0.15) is 6.04 Å². The number of nitrogens with zero attached hydrogens (tertiary/aromatic N) is 2. The van der Waals surface area contributed by atoms with E-state index in [0.29, 0.717) is 5.71 Å². The molecule has 1 atom stereocenters. The molecule has 0 fully saturated rings. The van der Waals surface area contributed by atoms with E-state index in [-0.39, 0.29) is 11.9 Å². The maximum absolute atomic E-state index is 11.3. The summed E-state index contributed by atoms with van der Waals surface area (Å²) in [6, 6.07) is -0.263. The fourth-order valence-corrected chi connectivity index (χ4v) is 1.52. The summed E-state index contributed by atoms with van der Waals surface area (Å²) in [5.41, 5.74) is 4.57. The number of amides is 1. The molecule has 0 saturated carbocycles. The molecule has 78 valence electrons. The maximum Gasteiger partial charge on any atom is 0.314 e. The number of allylic oxidation sites excluding steroid dienone is 2. The van der Waals surface area contributed by atoms with E-state index in [9.17, 15) is 4.79 Å². The molecule has 2 rings (SSSR count). The zero-order chi connectivity index (χ0) is 11.0. The van der Waals surface area contributed by atoms with Crippen LogP contribution in [-0.4, -0.2) is 28.7 Å². The molecule has 0 saturated heterocycles. The summed E-state index contributed by atoms with van der Waals surface area (Å²) in [6.45, 7) is 3.93. The van der Waals surface area contributed by atoms with Crippen molar-refractivity contribution < 1.29 is 10.0 Å². The molecule has 0 aromatic carbocycles. The summed E-state index contributed by atoms with van der Waals surface area (Å²) in [5.74, 6) is -0.651. The summed E-state index contributed by atoms with van der Waals surface area (Å²) >= 11 is 0. The molecule has 0 aromatic heterocycles. The van der Waals surface area contributed by atoms with E-state index in [4.69, 9.17) is 5.21 Å². The lowest BCUT2D eigenvalue weighted by molar-refractivity contribution is -0.112. The Balaban J connectivity index is 2.41. The second-order valence-corrected chi connectivity index (χ2v) is 3.55. The first-order valence-corrected chi connectivity index (χ1v) is 4.59. The molecule has 5 nitrogen and oxygen atoms in total. The van der Waals surface area contributed by atoms with Gasteiger partial charge in [0.05, 0.1) is 5.71 Å². The molecule has 5 heteroatoms. The van der Waals surface area contributed by atoms with Crippen LogP contribution in [0.4, 0.5) is 0 Å². The monoisotopic (exact) mass is 205 g/mol. The van der Waals surface area contributed by atoms with Crippen LogP contribution >= 0.6 is 0 Å². The van der Waals surface area contributed by atoms with Gasteiger partial charge >= 0.3 is 5.91 Å². The van der Waals surface area contributed by atoms with Gasteiger partial charge in [0, 0.05) is 0 Å². The van der Waals surface area contributed by atoms with Crippen molar-refractivity contribution in [2.45, 2.75) is 19.9 Å². The first-order chi connectivity index (χ1) is 7.11. The van der Waals surface area contributed by atoms with Gasteiger partial charge in [0.25, 0.3) is 0 Å². The molecule has 0 aromatic rings. The summed E-state index contributed by atoms with van der Waals surface area (Å²) in [5, 5.41) is 8.66. The Morgan fingerprint density at radius 1 is 1.40 bits per heavy atom. The van der Waals surface area contributed by atoms with E-state index in [1.54, 1.807) is 5.48 Å². The summed E-state index contributed by atoms with van der Waals surface area (Å²) in [6.07, 6.45) is 3.76. The number of nitrogens with one attached hydrogen (secondary N) is 1. The molecule has 1 aliphatic heterocycles. The van der Waals surface area contributed by atoms with E-state index >= 15 is 0 Å². The van der Waals surface area contributed by atoms with Gasteiger partial charge in [-0.15, -0.1) is 0 Å². The molecule has 0 radical (unpaired) electrons. The van der Waals surface area contributed by atoms with Crippen LogP contribution in [0.3, 0.4) is 0 Å². The van der Waals surface area contributed by atoms with Gasteiger partial charge in [0.15, 0.2) is 0 Å². The topological polar surface area (TPSA) is 74.0 Å². The Kier molecular flexibility index (Phi) is 2.24. The first kappa shape index (κ1) is 9.79. The number of hydrogen-bond acceptors (Lipinski definition) is 4. The Hall–Kier alpha value is -1.75. The van der Waals surface area contributed by atoms with Gasteiger partial charge in [-0.1, -0.05) is 6.08 Å². The minimum atomic E-state index is -0.541. The van der Waals surface area contributed by atoms with Crippen molar-refractivity contribution in [2.75, 3.05) is 0 Å². The number of carbonyl (C=O) groups excluding carboxylic acids is 1. The molecule has 1 heterocycles. The molecule has 0 bridgehead atoms.